The van der Waals surface area contributed by atoms with Crippen LogP contribution in [0.3, 0.4) is 0 Å². The van der Waals surface area contributed by atoms with E-state index in [-0.39, 0.29) is 17.8 Å². The van der Waals surface area contributed by atoms with Crippen molar-refractivity contribution in [1.82, 2.24) is 10.2 Å². The molecule has 0 bridgehead atoms. The van der Waals surface area contributed by atoms with E-state index in [1.165, 1.54) is 18.2 Å². The second kappa shape index (κ2) is 8.29. The lowest BCUT2D eigenvalue weighted by molar-refractivity contribution is -0.152. The Morgan fingerprint density at radius 3 is 2.88 bits per heavy atom. The molecule has 0 aliphatic heterocycles. The van der Waals surface area contributed by atoms with Crippen molar-refractivity contribution in [3.63, 3.8) is 0 Å². The molecule has 26 heavy (non-hydrogen) atoms. The molecule has 0 saturated heterocycles. The maximum absolute atomic E-state index is 12.3. The van der Waals surface area contributed by atoms with Gasteiger partial charge in [0.25, 0.3) is 11.1 Å². The normalized spacial score (nSPS) is 23.3. The first-order valence-electron chi connectivity index (χ1n) is 9.14. The molecule has 2 aromatic rings. The summed E-state index contributed by atoms with van der Waals surface area (Å²) in [5, 5.41) is 8.35. The second-order valence-electron chi connectivity index (χ2n) is 7.41. The molecule has 2 aromatic heterocycles. The Bertz CT molecular complexity index is 739. The van der Waals surface area contributed by atoms with Crippen LogP contribution in [0.25, 0.3) is 11.5 Å². The van der Waals surface area contributed by atoms with Gasteiger partial charge in [0.05, 0.1) is 11.8 Å². The molecule has 3 atom stereocenters. The lowest BCUT2D eigenvalue weighted by Gasteiger charge is -2.36. The van der Waals surface area contributed by atoms with Crippen molar-refractivity contribution in [2.75, 3.05) is 5.75 Å². The van der Waals surface area contributed by atoms with Crippen LogP contribution in [0, 0.1) is 24.7 Å². The van der Waals surface area contributed by atoms with Crippen molar-refractivity contribution in [2.45, 2.75) is 58.3 Å². The van der Waals surface area contributed by atoms with Crippen LogP contribution in [0.4, 0.5) is 0 Å². The summed E-state index contributed by atoms with van der Waals surface area (Å²) in [4.78, 5) is 12.3. The second-order valence-corrected chi connectivity index (χ2v) is 8.33. The maximum atomic E-state index is 12.3. The van der Waals surface area contributed by atoms with E-state index in [1.807, 2.05) is 6.92 Å². The van der Waals surface area contributed by atoms with Gasteiger partial charge in [0.1, 0.15) is 17.6 Å². The molecule has 1 saturated carbocycles. The molecule has 0 unspecified atom stereocenters. The minimum atomic E-state index is -0.223. The Labute approximate surface area is 158 Å². The fourth-order valence-electron chi connectivity index (χ4n) is 3.56. The van der Waals surface area contributed by atoms with E-state index in [0.29, 0.717) is 28.9 Å². The number of carbonyl (C=O) groups excluding carboxylic acids is 1. The summed E-state index contributed by atoms with van der Waals surface area (Å²) in [5.74, 6) is 2.63. The number of furan rings is 1. The zero-order valence-corrected chi connectivity index (χ0v) is 16.5. The molecule has 2 heterocycles. The first-order chi connectivity index (χ1) is 12.4. The van der Waals surface area contributed by atoms with Crippen LogP contribution in [0.2, 0.25) is 0 Å². The van der Waals surface area contributed by atoms with E-state index in [1.54, 1.807) is 12.3 Å². The Hall–Kier alpha value is -1.76. The molecule has 142 valence electrons. The first kappa shape index (κ1) is 19.0. The monoisotopic (exact) mass is 378 g/mol. The van der Waals surface area contributed by atoms with Crippen molar-refractivity contribution < 1.29 is 18.4 Å². The van der Waals surface area contributed by atoms with E-state index >= 15 is 0 Å². The summed E-state index contributed by atoms with van der Waals surface area (Å²) in [6.07, 6.45) is 4.88. The van der Waals surface area contributed by atoms with E-state index in [4.69, 9.17) is 13.6 Å². The molecule has 0 aromatic carbocycles. The minimum absolute atomic E-state index is 0.0127. The zero-order valence-electron chi connectivity index (χ0n) is 15.7. The molecule has 1 fully saturated rings. The van der Waals surface area contributed by atoms with Gasteiger partial charge in [-0.1, -0.05) is 39.0 Å². The van der Waals surface area contributed by atoms with Gasteiger partial charge in [0.2, 0.25) is 0 Å². The van der Waals surface area contributed by atoms with Gasteiger partial charge in [0, 0.05) is 0 Å². The number of nitrogens with zero attached hydrogens (tertiary/aromatic N) is 2. The summed E-state index contributed by atoms with van der Waals surface area (Å²) in [5.41, 5.74) is 0.767. The fraction of sp³-hybridized carbons (Fsp3) is 0.632. The zero-order chi connectivity index (χ0) is 18.7. The largest absolute Gasteiger partial charge is 0.469 e. The third kappa shape index (κ3) is 4.50. The van der Waals surface area contributed by atoms with Gasteiger partial charge >= 0.3 is 5.97 Å². The van der Waals surface area contributed by atoms with Crippen LogP contribution in [0.15, 0.2) is 26.4 Å². The molecule has 0 spiro atoms. The average molecular weight is 378 g/mol. The van der Waals surface area contributed by atoms with Crippen molar-refractivity contribution in [3.05, 3.63) is 18.1 Å². The lowest BCUT2D eigenvalue weighted by Crippen LogP contribution is -2.36. The quantitative estimate of drug-likeness (QED) is 0.531. The van der Waals surface area contributed by atoms with Crippen LogP contribution in [0.1, 0.15) is 45.8 Å². The van der Waals surface area contributed by atoms with Crippen LogP contribution < -0.4 is 0 Å². The number of hydrogen-bond acceptors (Lipinski definition) is 7. The molecular weight excluding hydrogens is 352 g/mol. The van der Waals surface area contributed by atoms with Gasteiger partial charge in [-0.05, 0) is 43.6 Å². The predicted octanol–water partition coefficient (Wildman–Crippen LogP) is 4.73. The molecule has 1 aliphatic carbocycles. The number of aryl methyl sites for hydroxylation is 1. The van der Waals surface area contributed by atoms with Crippen molar-refractivity contribution in [2.24, 2.45) is 17.8 Å². The van der Waals surface area contributed by atoms with Crippen LogP contribution in [0.5, 0.6) is 0 Å². The molecule has 6 nitrogen and oxygen atoms in total. The highest BCUT2D eigenvalue weighted by Crippen LogP contribution is 2.35. The highest BCUT2D eigenvalue weighted by Gasteiger charge is 2.33. The molecule has 0 radical (unpaired) electrons. The van der Waals surface area contributed by atoms with E-state index in [0.717, 1.165) is 24.2 Å². The summed E-state index contributed by atoms with van der Waals surface area (Å²) in [6, 6.07) is 1.78. The number of carbonyl (C=O) groups is 1. The van der Waals surface area contributed by atoms with Crippen molar-refractivity contribution in [3.8, 4) is 11.5 Å². The Kier molecular flexibility index (Phi) is 6.06. The molecule has 0 amide bonds. The van der Waals surface area contributed by atoms with Gasteiger partial charge < -0.3 is 13.6 Å². The number of aromatic nitrogens is 2. The Morgan fingerprint density at radius 2 is 2.19 bits per heavy atom. The number of hydrogen-bond donors (Lipinski definition) is 0. The fourth-order valence-corrected chi connectivity index (χ4v) is 4.10. The molecular formula is C19H26N2O4S. The predicted molar refractivity (Wildman–Crippen MR) is 98.7 cm³/mol. The van der Waals surface area contributed by atoms with E-state index < -0.39 is 0 Å². The molecule has 3 rings (SSSR count). The summed E-state index contributed by atoms with van der Waals surface area (Å²) >= 11 is 1.21. The van der Waals surface area contributed by atoms with E-state index in [9.17, 15) is 4.79 Å². The summed E-state index contributed by atoms with van der Waals surface area (Å²) in [6.45, 7) is 8.46. The molecule has 7 heteroatoms. The van der Waals surface area contributed by atoms with Gasteiger partial charge in [0.15, 0.2) is 0 Å². The van der Waals surface area contributed by atoms with Gasteiger partial charge in [-0.3, -0.25) is 4.79 Å². The number of thioether (sulfide) groups is 1. The smallest absolute Gasteiger partial charge is 0.316 e. The summed E-state index contributed by atoms with van der Waals surface area (Å²) < 4.78 is 16.6. The maximum Gasteiger partial charge on any atom is 0.316 e. The first-order valence-corrected chi connectivity index (χ1v) is 10.1. The van der Waals surface area contributed by atoms with Gasteiger partial charge in [-0.25, -0.2) is 0 Å². The topological polar surface area (TPSA) is 78.4 Å². The molecule has 0 N–H and O–H groups in total. The third-order valence-electron chi connectivity index (χ3n) is 5.05. The van der Waals surface area contributed by atoms with Crippen LogP contribution in [-0.2, 0) is 9.53 Å². The Balaban J connectivity index is 1.54. The van der Waals surface area contributed by atoms with Gasteiger partial charge in [-0.15, -0.1) is 10.2 Å². The number of ether oxygens (including phenoxy) is 1. The number of esters is 1. The van der Waals surface area contributed by atoms with Crippen LogP contribution in [-0.4, -0.2) is 28.0 Å². The minimum Gasteiger partial charge on any atom is -0.469 e. The molecule has 1 aliphatic rings. The standard InChI is InChI=1S/C19H26N2O4S/c1-11(2)14-6-5-12(3)9-16(14)24-17(22)10-26-19-21-20-18(25-19)15-7-8-23-13(15)4/h7-8,11-12,14,16H,5-6,9-10H2,1-4H3/t12-,14+,16-/m0/s1. The third-order valence-corrected chi connectivity index (χ3v) is 5.85. The SMILES string of the molecule is Cc1occc1-c1nnc(SCC(=O)O[C@H]2C[C@@H](C)CC[C@@H]2C(C)C)o1. The lowest BCUT2D eigenvalue weighted by atomic mass is 9.75. The highest BCUT2D eigenvalue weighted by molar-refractivity contribution is 7.99. The van der Waals surface area contributed by atoms with Crippen molar-refractivity contribution >= 4 is 17.7 Å². The Morgan fingerprint density at radius 1 is 1.38 bits per heavy atom. The highest BCUT2D eigenvalue weighted by atomic mass is 32.2. The summed E-state index contributed by atoms with van der Waals surface area (Å²) in [7, 11) is 0. The number of rotatable bonds is 6. The van der Waals surface area contributed by atoms with E-state index in [2.05, 4.69) is 31.0 Å². The van der Waals surface area contributed by atoms with Crippen LogP contribution >= 0.6 is 11.8 Å². The van der Waals surface area contributed by atoms with Crippen molar-refractivity contribution in [1.29, 1.82) is 0 Å². The average Bonchev–Trinajstić information content (AvgIpc) is 3.21. The van der Waals surface area contributed by atoms with Gasteiger partial charge in [-0.2, -0.15) is 0 Å².